The van der Waals surface area contributed by atoms with Crippen LogP contribution in [0.15, 0.2) is 58.4 Å². The Morgan fingerprint density at radius 1 is 1.03 bits per heavy atom. The molecule has 0 bridgehead atoms. The smallest absolute Gasteiger partial charge is 0.223 e. The molecule has 0 aliphatic rings. The monoisotopic (exact) mass is 507 g/mol. The van der Waals surface area contributed by atoms with Gasteiger partial charge in [0.15, 0.2) is 20.9 Å². The number of nitrogens with one attached hydrogen (secondary N) is 1. The van der Waals surface area contributed by atoms with Crippen LogP contribution in [0.3, 0.4) is 0 Å². The molecule has 0 fully saturated rings. The van der Waals surface area contributed by atoms with Crippen LogP contribution in [-0.2, 0) is 33.9 Å². The Hall–Kier alpha value is -2.95. The first kappa shape index (κ1) is 26.3. The molecule has 8 nitrogen and oxygen atoms in total. The summed E-state index contributed by atoms with van der Waals surface area (Å²) in [5.41, 5.74) is 14.5. The molecule has 3 aromatic rings. The lowest BCUT2D eigenvalue weighted by atomic mass is 10.0. The number of guanidine groups is 1. The maximum atomic E-state index is 11.7. The topological polar surface area (TPSA) is 141 Å². The van der Waals surface area contributed by atoms with Crippen LogP contribution in [0.25, 0.3) is 0 Å². The van der Waals surface area contributed by atoms with Crippen molar-refractivity contribution in [1.82, 2.24) is 4.98 Å². The second-order valence-corrected chi connectivity index (χ2v) is 10.5. The maximum Gasteiger partial charge on any atom is 0.223 e. The standard InChI is InChI=1S/C22H25N5O3S2.ClH/c1-14(28)25-22-27-19(12-7-15-3-8-17(9-4-15)26-21(23)24)20(31-22)13-16-5-10-18(11-6-16)32(2,29)30;/h3-6,8-11H,7,12-13H2,1-2H3,(H4,23,24,26)(H,25,27,28);1H. The van der Waals surface area contributed by atoms with Crippen LogP contribution in [0.2, 0.25) is 0 Å². The SMILES string of the molecule is CC(=O)Nc1nc(CCc2ccc(N=C(N)N)cc2)c(Cc2ccc(S(C)(=O)=O)cc2)s1.Cl. The van der Waals surface area contributed by atoms with Gasteiger partial charge < -0.3 is 16.8 Å². The Balaban J connectivity index is 0.00000385. The second kappa shape index (κ2) is 11.3. The molecule has 0 radical (unpaired) electrons. The van der Waals surface area contributed by atoms with Gasteiger partial charge in [-0.3, -0.25) is 4.79 Å². The van der Waals surface area contributed by atoms with Crippen molar-refractivity contribution in [3.8, 4) is 0 Å². The Labute approximate surface area is 203 Å². The first-order chi connectivity index (χ1) is 15.1. The minimum atomic E-state index is -3.24. The summed E-state index contributed by atoms with van der Waals surface area (Å²) in [6.45, 7) is 1.45. The molecule has 176 valence electrons. The molecule has 0 saturated heterocycles. The first-order valence-electron chi connectivity index (χ1n) is 9.84. The molecule has 1 heterocycles. The summed E-state index contributed by atoms with van der Waals surface area (Å²) in [5.74, 6) is -0.162. The van der Waals surface area contributed by atoms with Crippen molar-refractivity contribution in [2.24, 2.45) is 16.5 Å². The summed E-state index contributed by atoms with van der Waals surface area (Å²) in [7, 11) is -3.24. The highest BCUT2D eigenvalue weighted by Crippen LogP contribution is 2.27. The first-order valence-corrected chi connectivity index (χ1v) is 12.5. The molecular formula is C22H26ClN5O3S2. The number of benzene rings is 2. The minimum Gasteiger partial charge on any atom is -0.370 e. The van der Waals surface area contributed by atoms with Gasteiger partial charge in [-0.05, 0) is 48.2 Å². The lowest BCUT2D eigenvalue weighted by molar-refractivity contribution is -0.114. The number of anilines is 1. The number of nitrogens with zero attached hydrogens (tertiary/aromatic N) is 2. The molecule has 33 heavy (non-hydrogen) atoms. The molecular weight excluding hydrogens is 482 g/mol. The van der Waals surface area contributed by atoms with E-state index in [2.05, 4.69) is 15.3 Å². The van der Waals surface area contributed by atoms with E-state index in [-0.39, 0.29) is 29.2 Å². The molecule has 2 aromatic carbocycles. The fraction of sp³-hybridized carbons (Fsp3) is 0.227. The van der Waals surface area contributed by atoms with Crippen LogP contribution in [0.5, 0.6) is 0 Å². The normalized spacial score (nSPS) is 10.8. The van der Waals surface area contributed by atoms with E-state index in [0.29, 0.717) is 23.7 Å². The Kier molecular flexibility index (Phi) is 8.98. The van der Waals surface area contributed by atoms with E-state index in [1.165, 1.54) is 24.5 Å². The lowest BCUT2D eigenvalue weighted by Gasteiger charge is -2.05. The number of rotatable bonds is 8. The number of carbonyl (C=O) groups excluding carboxylic acids is 1. The summed E-state index contributed by atoms with van der Waals surface area (Å²) < 4.78 is 23.4. The van der Waals surface area contributed by atoms with E-state index >= 15 is 0 Å². The number of amides is 1. The van der Waals surface area contributed by atoms with Crippen molar-refractivity contribution in [3.05, 3.63) is 70.2 Å². The lowest BCUT2D eigenvalue weighted by Crippen LogP contribution is -2.21. The Morgan fingerprint density at radius 3 is 2.18 bits per heavy atom. The van der Waals surface area contributed by atoms with Gasteiger partial charge in [-0.2, -0.15) is 0 Å². The van der Waals surface area contributed by atoms with Crippen LogP contribution in [0.4, 0.5) is 10.8 Å². The van der Waals surface area contributed by atoms with Gasteiger partial charge in [0.2, 0.25) is 5.91 Å². The molecule has 0 spiro atoms. The Bertz CT molecular complexity index is 1230. The highest BCUT2D eigenvalue weighted by molar-refractivity contribution is 7.90. The Morgan fingerprint density at radius 2 is 1.64 bits per heavy atom. The highest BCUT2D eigenvalue weighted by atomic mass is 35.5. The maximum absolute atomic E-state index is 11.7. The molecule has 5 N–H and O–H groups in total. The van der Waals surface area contributed by atoms with Crippen LogP contribution in [-0.4, -0.2) is 31.5 Å². The van der Waals surface area contributed by atoms with Gasteiger partial charge in [-0.1, -0.05) is 24.3 Å². The third-order valence-corrected chi connectivity index (χ3v) is 6.76. The van der Waals surface area contributed by atoms with Crippen molar-refractivity contribution in [2.75, 3.05) is 11.6 Å². The summed E-state index contributed by atoms with van der Waals surface area (Å²) in [4.78, 5) is 21.4. The molecule has 0 saturated carbocycles. The highest BCUT2D eigenvalue weighted by Gasteiger charge is 2.14. The van der Waals surface area contributed by atoms with Gasteiger partial charge in [0.05, 0.1) is 16.3 Å². The summed E-state index contributed by atoms with van der Waals surface area (Å²) >= 11 is 1.43. The van der Waals surface area contributed by atoms with Gasteiger partial charge in [0, 0.05) is 24.5 Å². The quantitative estimate of drug-likeness (QED) is 0.316. The summed E-state index contributed by atoms with van der Waals surface area (Å²) in [5, 5.41) is 3.31. The number of carbonyl (C=O) groups is 1. The van der Waals surface area contributed by atoms with Gasteiger partial charge in [0.25, 0.3) is 0 Å². The van der Waals surface area contributed by atoms with E-state index in [1.807, 2.05) is 24.3 Å². The van der Waals surface area contributed by atoms with Gasteiger partial charge in [0.1, 0.15) is 0 Å². The van der Waals surface area contributed by atoms with E-state index in [9.17, 15) is 13.2 Å². The molecule has 0 aliphatic carbocycles. The minimum absolute atomic E-state index is 0. The number of hydrogen-bond acceptors (Lipinski definition) is 6. The van der Waals surface area contributed by atoms with Crippen LogP contribution < -0.4 is 16.8 Å². The zero-order valence-corrected chi connectivity index (χ0v) is 20.7. The van der Waals surface area contributed by atoms with Crippen molar-refractivity contribution in [3.63, 3.8) is 0 Å². The molecule has 0 aliphatic heterocycles. The molecule has 3 rings (SSSR count). The number of aliphatic imine (C=N–C) groups is 1. The number of nitrogens with two attached hydrogens (primary N) is 2. The fourth-order valence-electron chi connectivity index (χ4n) is 3.11. The zero-order chi connectivity index (χ0) is 23.3. The van der Waals surface area contributed by atoms with Gasteiger partial charge in [-0.25, -0.2) is 18.4 Å². The fourth-order valence-corrected chi connectivity index (χ4v) is 4.83. The molecule has 0 atom stereocenters. The van der Waals surface area contributed by atoms with E-state index in [1.54, 1.807) is 24.3 Å². The third kappa shape index (κ3) is 7.85. The molecule has 1 amide bonds. The largest absolute Gasteiger partial charge is 0.370 e. The van der Waals surface area contributed by atoms with Crippen LogP contribution in [0.1, 0.15) is 28.6 Å². The number of halogens is 1. The van der Waals surface area contributed by atoms with Crippen molar-refractivity contribution in [2.45, 2.75) is 31.1 Å². The third-order valence-electron chi connectivity index (χ3n) is 4.62. The number of hydrogen-bond donors (Lipinski definition) is 3. The average Bonchev–Trinajstić information content (AvgIpc) is 3.07. The average molecular weight is 508 g/mol. The molecule has 11 heteroatoms. The van der Waals surface area contributed by atoms with E-state index < -0.39 is 9.84 Å². The predicted octanol–water partition coefficient (Wildman–Crippen LogP) is 3.21. The number of aromatic nitrogens is 1. The van der Waals surface area contributed by atoms with Crippen molar-refractivity contribution >= 4 is 56.3 Å². The number of aryl methyl sites for hydroxylation is 2. The van der Waals surface area contributed by atoms with Crippen LogP contribution in [0, 0.1) is 0 Å². The summed E-state index contributed by atoms with van der Waals surface area (Å²) in [6.07, 6.45) is 3.23. The second-order valence-electron chi connectivity index (χ2n) is 7.37. The van der Waals surface area contributed by atoms with Gasteiger partial charge >= 0.3 is 0 Å². The number of thiazole rings is 1. The van der Waals surface area contributed by atoms with Crippen molar-refractivity contribution < 1.29 is 13.2 Å². The van der Waals surface area contributed by atoms with E-state index in [4.69, 9.17) is 11.5 Å². The van der Waals surface area contributed by atoms with Crippen LogP contribution >= 0.6 is 23.7 Å². The predicted molar refractivity (Wildman–Crippen MR) is 135 cm³/mol. The zero-order valence-electron chi connectivity index (χ0n) is 18.2. The molecule has 1 aromatic heterocycles. The van der Waals surface area contributed by atoms with E-state index in [0.717, 1.165) is 28.1 Å². The summed E-state index contributed by atoms with van der Waals surface area (Å²) in [6, 6.07) is 14.5. The van der Waals surface area contributed by atoms with Crippen molar-refractivity contribution in [1.29, 1.82) is 0 Å². The number of sulfone groups is 1. The molecule has 0 unspecified atom stereocenters. The van der Waals surface area contributed by atoms with Gasteiger partial charge in [-0.15, -0.1) is 23.7 Å².